The highest BCUT2D eigenvalue weighted by Gasteiger charge is 2.26. The summed E-state index contributed by atoms with van der Waals surface area (Å²) in [6, 6.07) is 0. The smallest absolute Gasteiger partial charge is 0.158 e. The average molecular weight is 236 g/mol. The first-order valence-electron chi connectivity index (χ1n) is 6.42. The van der Waals surface area contributed by atoms with Crippen molar-refractivity contribution in [1.82, 2.24) is 0 Å². The van der Waals surface area contributed by atoms with Crippen LogP contribution >= 0.6 is 0 Å². The molecule has 0 saturated carbocycles. The molecule has 17 heavy (non-hydrogen) atoms. The molecule has 2 heteroatoms. The fraction of sp³-hybridized carbons (Fsp3) is 0.667. The Hall–Kier alpha value is -0.890. The maximum atomic E-state index is 11.5. The number of hydrogen-bond acceptors (Lipinski definition) is 2. The monoisotopic (exact) mass is 236 g/mol. The Morgan fingerprint density at radius 3 is 2.71 bits per heavy atom. The second-order valence-electron chi connectivity index (χ2n) is 5.78. The number of ketones is 1. The molecule has 1 aliphatic rings. The van der Waals surface area contributed by atoms with Gasteiger partial charge in [0.2, 0.25) is 0 Å². The second kappa shape index (κ2) is 5.63. The standard InChI is InChI=1S/C15H24O2/c1-11-6-5-9-15(3,4)14(11)8-7-13(17)10-12(2)16/h7-8,12,16H,5-6,9-10H2,1-4H3/b8-7+/t12-/m0/s1. The number of aliphatic hydroxyl groups excluding tert-OH is 1. The van der Waals surface area contributed by atoms with E-state index in [1.807, 2.05) is 6.08 Å². The van der Waals surface area contributed by atoms with Gasteiger partial charge in [0.15, 0.2) is 5.78 Å². The first-order valence-corrected chi connectivity index (χ1v) is 6.42. The van der Waals surface area contributed by atoms with Crippen molar-refractivity contribution in [1.29, 1.82) is 0 Å². The third-order valence-corrected chi connectivity index (χ3v) is 3.47. The molecule has 2 nitrogen and oxygen atoms in total. The summed E-state index contributed by atoms with van der Waals surface area (Å²) in [7, 11) is 0. The molecule has 96 valence electrons. The Labute approximate surface area is 104 Å². The molecule has 0 heterocycles. The zero-order valence-electron chi connectivity index (χ0n) is 11.4. The van der Waals surface area contributed by atoms with Gasteiger partial charge in [-0.15, -0.1) is 0 Å². The summed E-state index contributed by atoms with van der Waals surface area (Å²) in [6.07, 6.45) is 6.78. The molecule has 0 aliphatic heterocycles. The Balaban J connectivity index is 2.78. The summed E-state index contributed by atoms with van der Waals surface area (Å²) in [4.78, 5) is 11.5. The van der Waals surface area contributed by atoms with Gasteiger partial charge < -0.3 is 5.11 Å². The van der Waals surface area contributed by atoms with Gasteiger partial charge in [0, 0.05) is 6.42 Å². The van der Waals surface area contributed by atoms with Gasteiger partial charge in [0.25, 0.3) is 0 Å². The van der Waals surface area contributed by atoms with E-state index >= 15 is 0 Å². The molecule has 0 fully saturated rings. The van der Waals surface area contributed by atoms with Gasteiger partial charge in [-0.25, -0.2) is 0 Å². The van der Waals surface area contributed by atoms with Gasteiger partial charge in [-0.1, -0.05) is 25.5 Å². The summed E-state index contributed by atoms with van der Waals surface area (Å²) in [5, 5.41) is 9.15. The molecule has 1 aliphatic carbocycles. The summed E-state index contributed by atoms with van der Waals surface area (Å²) in [5.74, 6) is 0.00155. The Morgan fingerprint density at radius 1 is 1.53 bits per heavy atom. The number of carbonyl (C=O) groups excluding carboxylic acids is 1. The fourth-order valence-electron chi connectivity index (χ4n) is 2.55. The number of rotatable bonds is 4. The first kappa shape index (κ1) is 14.2. The van der Waals surface area contributed by atoms with Crippen LogP contribution in [0.3, 0.4) is 0 Å². The average Bonchev–Trinajstić information content (AvgIpc) is 2.14. The quantitative estimate of drug-likeness (QED) is 0.759. The minimum atomic E-state index is -0.554. The van der Waals surface area contributed by atoms with Crippen LogP contribution in [0.2, 0.25) is 0 Å². The fourth-order valence-corrected chi connectivity index (χ4v) is 2.55. The van der Waals surface area contributed by atoms with Crippen LogP contribution < -0.4 is 0 Å². The van der Waals surface area contributed by atoms with Gasteiger partial charge in [-0.3, -0.25) is 4.79 Å². The minimum absolute atomic E-state index is 0.00155. The number of aliphatic hydroxyl groups is 1. The molecular weight excluding hydrogens is 212 g/mol. The van der Waals surface area contributed by atoms with Crippen LogP contribution in [0.15, 0.2) is 23.3 Å². The van der Waals surface area contributed by atoms with Crippen molar-refractivity contribution >= 4 is 5.78 Å². The van der Waals surface area contributed by atoms with Crippen molar-refractivity contribution in [3.05, 3.63) is 23.3 Å². The summed E-state index contributed by atoms with van der Waals surface area (Å²) in [5.41, 5.74) is 2.86. The lowest BCUT2D eigenvalue weighted by molar-refractivity contribution is -0.116. The van der Waals surface area contributed by atoms with Crippen LogP contribution in [0.5, 0.6) is 0 Å². The summed E-state index contributed by atoms with van der Waals surface area (Å²) < 4.78 is 0. The highest BCUT2D eigenvalue weighted by Crippen LogP contribution is 2.40. The number of allylic oxidation sites excluding steroid dienone is 4. The van der Waals surface area contributed by atoms with Gasteiger partial charge in [-0.2, -0.15) is 0 Å². The van der Waals surface area contributed by atoms with E-state index in [-0.39, 0.29) is 17.6 Å². The maximum absolute atomic E-state index is 11.5. The molecule has 0 radical (unpaired) electrons. The van der Waals surface area contributed by atoms with Crippen molar-refractivity contribution in [3.63, 3.8) is 0 Å². The third-order valence-electron chi connectivity index (χ3n) is 3.47. The molecule has 1 atom stereocenters. The van der Waals surface area contributed by atoms with Gasteiger partial charge in [0.05, 0.1) is 6.10 Å². The highest BCUT2D eigenvalue weighted by atomic mass is 16.3. The molecule has 1 N–H and O–H groups in total. The van der Waals surface area contributed by atoms with E-state index in [9.17, 15) is 4.79 Å². The van der Waals surface area contributed by atoms with Crippen molar-refractivity contribution in [2.24, 2.45) is 5.41 Å². The van der Waals surface area contributed by atoms with Crippen LogP contribution in [0.1, 0.15) is 53.4 Å². The van der Waals surface area contributed by atoms with Crippen molar-refractivity contribution in [2.45, 2.75) is 59.5 Å². The summed E-state index contributed by atoms with van der Waals surface area (Å²) in [6.45, 7) is 8.25. The Bertz CT molecular complexity index is 346. The lowest BCUT2D eigenvalue weighted by Crippen LogP contribution is -2.19. The van der Waals surface area contributed by atoms with Crippen molar-refractivity contribution in [2.75, 3.05) is 0 Å². The minimum Gasteiger partial charge on any atom is -0.393 e. The van der Waals surface area contributed by atoms with E-state index in [1.165, 1.54) is 24.0 Å². The van der Waals surface area contributed by atoms with Gasteiger partial charge in [0.1, 0.15) is 0 Å². The van der Waals surface area contributed by atoms with Crippen LogP contribution in [0, 0.1) is 5.41 Å². The molecule has 0 saturated heterocycles. The molecule has 0 aromatic heterocycles. The van der Waals surface area contributed by atoms with Crippen LogP contribution in [-0.2, 0) is 4.79 Å². The SMILES string of the molecule is CC1=C(/C=C/C(=O)C[C@H](C)O)C(C)(C)CCC1. The zero-order chi connectivity index (χ0) is 13.1. The second-order valence-corrected chi connectivity index (χ2v) is 5.78. The van der Waals surface area contributed by atoms with E-state index in [4.69, 9.17) is 5.11 Å². The maximum Gasteiger partial charge on any atom is 0.158 e. The molecule has 0 aromatic rings. The van der Waals surface area contributed by atoms with Crippen LogP contribution in [0.25, 0.3) is 0 Å². The van der Waals surface area contributed by atoms with Crippen molar-refractivity contribution in [3.8, 4) is 0 Å². The predicted molar refractivity (Wildman–Crippen MR) is 70.8 cm³/mol. The summed E-state index contributed by atoms with van der Waals surface area (Å²) >= 11 is 0. The van der Waals surface area contributed by atoms with Crippen molar-refractivity contribution < 1.29 is 9.90 Å². The van der Waals surface area contributed by atoms with Gasteiger partial charge >= 0.3 is 0 Å². The highest BCUT2D eigenvalue weighted by molar-refractivity contribution is 5.90. The van der Waals surface area contributed by atoms with Crippen LogP contribution in [0.4, 0.5) is 0 Å². The molecule has 0 spiro atoms. The Kier molecular flexibility index (Phi) is 4.70. The van der Waals surface area contributed by atoms with E-state index < -0.39 is 6.10 Å². The normalized spacial score (nSPS) is 21.9. The Morgan fingerprint density at radius 2 is 2.18 bits per heavy atom. The zero-order valence-corrected chi connectivity index (χ0v) is 11.4. The molecule has 0 unspecified atom stereocenters. The molecule has 0 aromatic carbocycles. The van der Waals surface area contributed by atoms with E-state index in [0.29, 0.717) is 0 Å². The lowest BCUT2D eigenvalue weighted by Gasteiger charge is -2.32. The van der Waals surface area contributed by atoms with E-state index in [1.54, 1.807) is 13.0 Å². The number of carbonyl (C=O) groups is 1. The van der Waals surface area contributed by atoms with E-state index in [2.05, 4.69) is 20.8 Å². The molecule has 1 rings (SSSR count). The van der Waals surface area contributed by atoms with Gasteiger partial charge in [-0.05, 0) is 50.2 Å². The predicted octanol–water partition coefficient (Wildman–Crippen LogP) is 3.41. The largest absolute Gasteiger partial charge is 0.393 e. The first-order chi connectivity index (χ1) is 7.83. The topological polar surface area (TPSA) is 37.3 Å². The number of hydrogen-bond donors (Lipinski definition) is 1. The molecule has 0 bridgehead atoms. The molecule has 0 amide bonds. The van der Waals surface area contributed by atoms with E-state index in [0.717, 1.165) is 6.42 Å². The third kappa shape index (κ3) is 4.12. The lowest BCUT2D eigenvalue weighted by atomic mass is 9.72. The molecular formula is C15H24O2. The van der Waals surface area contributed by atoms with Crippen LogP contribution in [-0.4, -0.2) is 17.0 Å².